The minimum atomic E-state index is -0.711. The first-order valence-corrected chi connectivity index (χ1v) is 15.4. The molecule has 172 valence electrons. The lowest BCUT2D eigenvalue weighted by Gasteiger charge is -2.30. The summed E-state index contributed by atoms with van der Waals surface area (Å²) in [7, 11) is -0.367. The van der Waals surface area contributed by atoms with Gasteiger partial charge in [0.2, 0.25) is 0 Å². The smallest absolute Gasteiger partial charge is 0.144 e. The van der Waals surface area contributed by atoms with Crippen molar-refractivity contribution in [2.75, 3.05) is 0 Å². The molecule has 0 atom stereocenters. The molecule has 0 bridgehead atoms. The Hall–Kier alpha value is -1.21. The van der Waals surface area contributed by atoms with E-state index in [1.54, 1.807) is 24.2 Å². The summed E-state index contributed by atoms with van der Waals surface area (Å²) < 4.78 is 27.9. The van der Waals surface area contributed by atoms with Gasteiger partial charge in [-0.05, 0) is 61.1 Å². The van der Waals surface area contributed by atoms with Gasteiger partial charge in [0.15, 0.2) is 0 Å². The van der Waals surface area contributed by atoms with Crippen LogP contribution >= 0.6 is 0 Å². The van der Waals surface area contributed by atoms with E-state index in [4.69, 9.17) is 5.26 Å². The van der Waals surface area contributed by atoms with Gasteiger partial charge in [0.1, 0.15) is 23.3 Å². The molecule has 2 fully saturated rings. The van der Waals surface area contributed by atoms with E-state index < -0.39 is 17.2 Å². The maximum absolute atomic E-state index is 13.9. The highest BCUT2D eigenvalue weighted by Gasteiger charge is 2.25. The van der Waals surface area contributed by atoms with Crippen molar-refractivity contribution < 1.29 is 8.78 Å². The summed E-state index contributed by atoms with van der Waals surface area (Å²) in [4.78, 5) is 0. The van der Waals surface area contributed by atoms with Gasteiger partial charge >= 0.3 is 0 Å². The number of halogens is 2. The van der Waals surface area contributed by atoms with Crippen LogP contribution in [0.1, 0.15) is 107 Å². The molecule has 3 rings (SSSR count). The third-order valence-corrected chi connectivity index (χ3v) is 11.7. The molecule has 1 saturated heterocycles. The first kappa shape index (κ1) is 24.4. The van der Waals surface area contributed by atoms with Crippen molar-refractivity contribution in [2.24, 2.45) is 11.8 Å². The van der Waals surface area contributed by atoms with Gasteiger partial charge in [0, 0.05) is 8.80 Å². The zero-order chi connectivity index (χ0) is 22.1. The fourth-order valence-corrected chi connectivity index (χ4v) is 9.70. The van der Waals surface area contributed by atoms with Gasteiger partial charge in [-0.25, -0.2) is 8.78 Å². The van der Waals surface area contributed by atoms with Crippen molar-refractivity contribution in [3.05, 3.63) is 34.9 Å². The molecule has 1 aliphatic carbocycles. The number of nitrogens with zero attached hydrogens (tertiary/aromatic N) is 1. The molecule has 31 heavy (non-hydrogen) atoms. The number of hydrogen-bond acceptors (Lipinski definition) is 1. The standard InChI is InChI=1S/C27H41F2NSi/c1-2-3-6-15-31-16-13-22(14-17-31)8-5-4-7-21-9-11-23(12-10-21)24-18-26(28)25(20-30)27(29)19-24/h18-19,21-23,31H,2-17H2,1H3/t21-,22?,23-,31?. The fraction of sp³-hybridized carbons (Fsp3) is 0.741. The van der Waals surface area contributed by atoms with Crippen LogP contribution in [0, 0.1) is 34.8 Å². The second-order valence-electron chi connectivity index (χ2n) is 10.4. The summed E-state index contributed by atoms with van der Waals surface area (Å²) in [6.07, 6.45) is 17.2. The van der Waals surface area contributed by atoms with Crippen LogP contribution in [0.25, 0.3) is 0 Å². The molecule has 1 heterocycles. The van der Waals surface area contributed by atoms with Crippen LogP contribution < -0.4 is 0 Å². The number of benzene rings is 1. The summed E-state index contributed by atoms with van der Waals surface area (Å²) in [6.45, 7) is 2.31. The van der Waals surface area contributed by atoms with Gasteiger partial charge in [-0.1, -0.05) is 82.8 Å². The first-order chi connectivity index (χ1) is 15.1. The van der Waals surface area contributed by atoms with Crippen molar-refractivity contribution in [3.63, 3.8) is 0 Å². The van der Waals surface area contributed by atoms with Crippen molar-refractivity contribution >= 4 is 8.80 Å². The SMILES string of the molecule is CCCCC[SiH]1CCC(CCCC[C@H]2CC[C@H](c3cc(F)c(C#N)c(F)c3)CC2)CC1. The average molecular weight is 446 g/mol. The van der Waals surface area contributed by atoms with Gasteiger partial charge in [-0.3, -0.25) is 0 Å². The predicted molar refractivity (Wildman–Crippen MR) is 128 cm³/mol. The lowest BCUT2D eigenvalue weighted by Crippen LogP contribution is -2.21. The summed E-state index contributed by atoms with van der Waals surface area (Å²) in [5, 5.41) is 8.84. The second kappa shape index (κ2) is 12.7. The van der Waals surface area contributed by atoms with Crippen molar-refractivity contribution in [1.29, 1.82) is 5.26 Å². The monoisotopic (exact) mass is 445 g/mol. The van der Waals surface area contributed by atoms with Crippen molar-refractivity contribution in [3.8, 4) is 6.07 Å². The van der Waals surface area contributed by atoms with Crippen LogP contribution in [0.4, 0.5) is 8.78 Å². The third-order valence-electron chi connectivity index (χ3n) is 8.15. The summed E-state index contributed by atoms with van der Waals surface area (Å²) >= 11 is 0. The summed E-state index contributed by atoms with van der Waals surface area (Å²) in [6, 6.07) is 9.20. The number of nitriles is 1. The molecule has 0 unspecified atom stereocenters. The molecule has 1 aromatic carbocycles. The van der Waals surface area contributed by atoms with Crippen molar-refractivity contribution in [1.82, 2.24) is 0 Å². The summed E-state index contributed by atoms with van der Waals surface area (Å²) in [5.74, 6) is 0.608. The molecule has 0 amide bonds. The number of rotatable bonds is 10. The van der Waals surface area contributed by atoms with E-state index in [1.807, 2.05) is 0 Å². The second-order valence-corrected chi connectivity index (χ2v) is 13.8. The quantitative estimate of drug-likeness (QED) is 0.261. The van der Waals surface area contributed by atoms with E-state index in [1.165, 1.54) is 82.8 Å². The Balaban J connectivity index is 1.29. The lowest BCUT2D eigenvalue weighted by molar-refractivity contribution is 0.296. The van der Waals surface area contributed by atoms with Gasteiger partial charge in [0.25, 0.3) is 0 Å². The van der Waals surface area contributed by atoms with Crippen LogP contribution in [0.2, 0.25) is 18.1 Å². The predicted octanol–water partition coefficient (Wildman–Crippen LogP) is 8.50. The highest BCUT2D eigenvalue weighted by atomic mass is 28.3. The molecule has 1 aliphatic heterocycles. The maximum atomic E-state index is 13.9. The van der Waals surface area contributed by atoms with E-state index in [-0.39, 0.29) is 14.7 Å². The minimum absolute atomic E-state index is 0.240. The molecular formula is C27H41F2NSi. The number of hydrogen-bond donors (Lipinski definition) is 0. The summed E-state index contributed by atoms with van der Waals surface area (Å²) in [5.41, 5.74) is 0.283. The minimum Gasteiger partial charge on any atom is -0.205 e. The fourth-order valence-electron chi connectivity index (χ4n) is 6.08. The zero-order valence-electron chi connectivity index (χ0n) is 19.5. The molecule has 4 heteroatoms. The number of unbranched alkanes of at least 4 members (excludes halogenated alkanes) is 3. The lowest BCUT2D eigenvalue weighted by atomic mass is 9.76. The average Bonchev–Trinajstić information content (AvgIpc) is 2.78. The van der Waals surface area contributed by atoms with E-state index in [0.717, 1.165) is 30.2 Å². The molecule has 1 aromatic rings. The maximum Gasteiger partial charge on any atom is 0.144 e. The largest absolute Gasteiger partial charge is 0.205 e. The van der Waals surface area contributed by atoms with Crippen LogP contribution in [0.5, 0.6) is 0 Å². The molecule has 0 spiro atoms. The van der Waals surface area contributed by atoms with Gasteiger partial charge in [0.05, 0.1) is 0 Å². The molecular weight excluding hydrogens is 404 g/mol. The Morgan fingerprint density at radius 2 is 1.45 bits per heavy atom. The first-order valence-electron chi connectivity index (χ1n) is 13.0. The third kappa shape index (κ3) is 7.41. The zero-order valence-corrected chi connectivity index (χ0v) is 20.6. The highest BCUT2D eigenvalue weighted by Crippen LogP contribution is 2.39. The van der Waals surface area contributed by atoms with Gasteiger partial charge < -0.3 is 0 Å². The van der Waals surface area contributed by atoms with Crippen LogP contribution in [-0.4, -0.2) is 8.80 Å². The molecule has 0 N–H and O–H groups in total. The van der Waals surface area contributed by atoms with Crippen LogP contribution in [-0.2, 0) is 0 Å². The van der Waals surface area contributed by atoms with E-state index in [2.05, 4.69) is 6.92 Å². The molecule has 0 aromatic heterocycles. The van der Waals surface area contributed by atoms with Crippen LogP contribution in [0.15, 0.2) is 12.1 Å². The molecule has 1 saturated carbocycles. The molecule has 2 aliphatic rings. The van der Waals surface area contributed by atoms with E-state index >= 15 is 0 Å². The Morgan fingerprint density at radius 1 is 0.871 bits per heavy atom. The Morgan fingerprint density at radius 3 is 2.00 bits per heavy atom. The Bertz CT molecular complexity index is 689. The van der Waals surface area contributed by atoms with E-state index in [9.17, 15) is 8.78 Å². The van der Waals surface area contributed by atoms with Gasteiger partial charge in [-0.15, -0.1) is 0 Å². The van der Waals surface area contributed by atoms with Crippen LogP contribution in [0.3, 0.4) is 0 Å². The molecule has 0 radical (unpaired) electrons. The van der Waals surface area contributed by atoms with Crippen molar-refractivity contribution in [2.45, 2.75) is 114 Å². The van der Waals surface area contributed by atoms with E-state index in [0.29, 0.717) is 0 Å². The normalized spacial score (nSPS) is 26.5. The molecule has 1 nitrogen and oxygen atoms in total. The Labute approximate surface area is 190 Å². The van der Waals surface area contributed by atoms with Gasteiger partial charge in [-0.2, -0.15) is 5.26 Å². The topological polar surface area (TPSA) is 23.8 Å². The highest BCUT2D eigenvalue weighted by molar-refractivity contribution is 6.58. The Kier molecular flexibility index (Phi) is 10.0.